The molecule has 0 aromatic rings. The van der Waals surface area contributed by atoms with Crippen LogP contribution in [0.15, 0.2) is 0 Å². The van der Waals surface area contributed by atoms with E-state index in [2.05, 4.69) is 18.8 Å². The van der Waals surface area contributed by atoms with Crippen LogP contribution in [-0.4, -0.2) is 12.6 Å². The first kappa shape index (κ1) is 14.1. The molecule has 0 amide bonds. The molecule has 2 nitrogen and oxygen atoms in total. The van der Waals surface area contributed by atoms with E-state index in [4.69, 9.17) is 4.74 Å². The summed E-state index contributed by atoms with van der Waals surface area (Å²) in [6.45, 7) is 2.50. The number of hydrogen-bond acceptors (Lipinski definition) is 2. The van der Waals surface area contributed by atoms with Gasteiger partial charge in [-0.3, -0.25) is 4.79 Å². The molecule has 17 heavy (non-hydrogen) atoms. The monoisotopic (exact) mass is 236 g/mol. The number of hydrogen-bond donors (Lipinski definition) is 0. The van der Waals surface area contributed by atoms with Crippen molar-refractivity contribution < 1.29 is 9.53 Å². The Morgan fingerprint density at radius 2 is 1.94 bits per heavy atom. The Labute approximate surface area is 105 Å². The van der Waals surface area contributed by atoms with Crippen molar-refractivity contribution in [2.75, 3.05) is 6.61 Å². The van der Waals surface area contributed by atoms with Gasteiger partial charge >= 0.3 is 5.97 Å². The molecule has 96 valence electrons. The topological polar surface area (TPSA) is 26.3 Å². The Morgan fingerprint density at radius 1 is 1.18 bits per heavy atom. The van der Waals surface area contributed by atoms with E-state index in [1.807, 2.05) is 0 Å². The fraction of sp³-hybridized carbons (Fsp3) is 0.800. The third-order valence-electron chi connectivity index (χ3n) is 2.99. The molecule has 1 fully saturated rings. The van der Waals surface area contributed by atoms with Crippen LogP contribution >= 0.6 is 0 Å². The van der Waals surface area contributed by atoms with Gasteiger partial charge in [-0.2, -0.15) is 0 Å². The van der Waals surface area contributed by atoms with Gasteiger partial charge in [-0.05, 0) is 25.2 Å². The second-order valence-corrected chi connectivity index (χ2v) is 4.83. The van der Waals surface area contributed by atoms with Crippen molar-refractivity contribution in [3.8, 4) is 11.8 Å². The molecule has 2 heteroatoms. The normalized spacial score (nSPS) is 13.9. The smallest absolute Gasteiger partial charge is 0.307 e. The number of carbonyl (C=O) groups is 1. The van der Waals surface area contributed by atoms with Gasteiger partial charge in [-0.1, -0.05) is 44.4 Å². The fourth-order valence-corrected chi connectivity index (χ4v) is 1.69. The minimum atomic E-state index is -0.0789. The number of esters is 1. The zero-order chi connectivity index (χ0) is 12.3. The van der Waals surface area contributed by atoms with Gasteiger partial charge in [0, 0.05) is 12.8 Å². The predicted molar refractivity (Wildman–Crippen MR) is 69.5 cm³/mol. The Balaban J connectivity index is 1.86. The van der Waals surface area contributed by atoms with E-state index >= 15 is 0 Å². The van der Waals surface area contributed by atoms with Crippen LogP contribution in [0.5, 0.6) is 0 Å². The van der Waals surface area contributed by atoms with Crippen LogP contribution < -0.4 is 0 Å². The number of carbonyl (C=O) groups excluding carboxylic acids is 1. The zero-order valence-electron chi connectivity index (χ0n) is 11.0. The summed E-state index contributed by atoms with van der Waals surface area (Å²) in [5, 5.41) is 0. The largest absolute Gasteiger partial charge is 0.452 e. The van der Waals surface area contributed by atoms with E-state index < -0.39 is 0 Å². The third kappa shape index (κ3) is 8.80. The molecule has 0 atom stereocenters. The van der Waals surface area contributed by atoms with Crippen LogP contribution in [0.3, 0.4) is 0 Å². The first-order valence-corrected chi connectivity index (χ1v) is 6.94. The average Bonchev–Trinajstić information content (AvgIpc) is 3.11. The summed E-state index contributed by atoms with van der Waals surface area (Å²) in [4.78, 5) is 11.2. The molecule has 0 unspecified atom stereocenters. The number of ether oxygens (including phenoxy) is 1. The van der Waals surface area contributed by atoms with Crippen LogP contribution in [0.25, 0.3) is 0 Å². The molecule has 1 aliphatic carbocycles. The molecule has 0 saturated heterocycles. The lowest BCUT2D eigenvalue weighted by Crippen LogP contribution is -2.05. The summed E-state index contributed by atoms with van der Waals surface area (Å²) in [5.41, 5.74) is 0. The summed E-state index contributed by atoms with van der Waals surface area (Å²) >= 11 is 0. The van der Waals surface area contributed by atoms with Crippen LogP contribution in [0.2, 0.25) is 0 Å². The highest BCUT2D eigenvalue weighted by Gasteiger charge is 2.24. The summed E-state index contributed by atoms with van der Waals surface area (Å²) in [7, 11) is 0. The van der Waals surface area contributed by atoms with Gasteiger partial charge in [0.25, 0.3) is 0 Å². The quantitative estimate of drug-likeness (QED) is 0.365. The molecule has 0 aliphatic heterocycles. The molecule has 0 bridgehead atoms. The maximum atomic E-state index is 11.2. The molecule has 1 aliphatic rings. The van der Waals surface area contributed by atoms with E-state index in [9.17, 15) is 4.79 Å². The van der Waals surface area contributed by atoms with Crippen LogP contribution in [0.4, 0.5) is 0 Å². The highest BCUT2D eigenvalue weighted by Crippen LogP contribution is 2.32. The lowest BCUT2D eigenvalue weighted by molar-refractivity contribution is -0.142. The van der Waals surface area contributed by atoms with E-state index in [-0.39, 0.29) is 12.6 Å². The highest BCUT2D eigenvalue weighted by molar-refractivity contribution is 5.70. The van der Waals surface area contributed by atoms with Gasteiger partial charge in [-0.25, -0.2) is 0 Å². The molecule has 1 rings (SSSR count). The van der Waals surface area contributed by atoms with Crippen molar-refractivity contribution in [3.63, 3.8) is 0 Å². The lowest BCUT2D eigenvalue weighted by Gasteiger charge is -1.98. The molecule has 0 N–H and O–H groups in total. The van der Waals surface area contributed by atoms with Crippen molar-refractivity contribution in [3.05, 3.63) is 0 Å². The standard InChI is InChI=1S/C15H24O2/c1-2-3-4-5-6-7-8-9-12-17-15(16)13-14-10-11-14/h14H,2-7,10-13H2,1H3. The highest BCUT2D eigenvalue weighted by atomic mass is 16.5. The van der Waals surface area contributed by atoms with Crippen molar-refractivity contribution in [1.29, 1.82) is 0 Å². The Kier molecular flexibility index (Phi) is 7.54. The fourth-order valence-electron chi connectivity index (χ4n) is 1.69. The molecule has 0 radical (unpaired) electrons. The molecular weight excluding hydrogens is 212 g/mol. The first-order chi connectivity index (χ1) is 8.33. The Bertz CT molecular complexity index is 268. The number of rotatable bonds is 8. The van der Waals surface area contributed by atoms with Gasteiger partial charge in [0.05, 0.1) is 0 Å². The first-order valence-electron chi connectivity index (χ1n) is 6.94. The second-order valence-electron chi connectivity index (χ2n) is 4.83. The van der Waals surface area contributed by atoms with Gasteiger partial charge < -0.3 is 4.74 Å². The van der Waals surface area contributed by atoms with Crippen LogP contribution in [0, 0.1) is 17.8 Å². The van der Waals surface area contributed by atoms with Crippen LogP contribution in [-0.2, 0) is 9.53 Å². The molecule has 0 aromatic carbocycles. The van der Waals surface area contributed by atoms with E-state index in [1.54, 1.807) is 0 Å². The summed E-state index contributed by atoms with van der Waals surface area (Å²) in [6, 6.07) is 0. The third-order valence-corrected chi connectivity index (χ3v) is 2.99. The van der Waals surface area contributed by atoms with E-state index in [0.717, 1.165) is 6.42 Å². The molecule has 0 aromatic heterocycles. The Morgan fingerprint density at radius 3 is 2.65 bits per heavy atom. The zero-order valence-corrected chi connectivity index (χ0v) is 11.0. The van der Waals surface area contributed by atoms with Gasteiger partial charge in [-0.15, -0.1) is 0 Å². The number of unbranched alkanes of at least 4 members (excludes halogenated alkanes) is 5. The lowest BCUT2D eigenvalue weighted by atomic mass is 10.1. The van der Waals surface area contributed by atoms with Crippen molar-refractivity contribution in [1.82, 2.24) is 0 Å². The summed E-state index contributed by atoms with van der Waals surface area (Å²) in [6.07, 6.45) is 10.3. The maximum absolute atomic E-state index is 11.2. The summed E-state index contributed by atoms with van der Waals surface area (Å²) < 4.78 is 5.03. The predicted octanol–water partition coefficient (Wildman–Crippen LogP) is 3.69. The van der Waals surface area contributed by atoms with Crippen molar-refractivity contribution >= 4 is 5.97 Å². The minimum Gasteiger partial charge on any atom is -0.452 e. The second kappa shape index (κ2) is 9.10. The van der Waals surface area contributed by atoms with Crippen molar-refractivity contribution in [2.24, 2.45) is 5.92 Å². The van der Waals surface area contributed by atoms with Gasteiger partial charge in [0.15, 0.2) is 6.61 Å². The molecule has 0 heterocycles. The maximum Gasteiger partial charge on any atom is 0.307 e. The van der Waals surface area contributed by atoms with Crippen LogP contribution in [0.1, 0.15) is 64.7 Å². The van der Waals surface area contributed by atoms with E-state index in [1.165, 1.54) is 44.9 Å². The average molecular weight is 236 g/mol. The molecule has 1 saturated carbocycles. The van der Waals surface area contributed by atoms with Gasteiger partial charge in [0.2, 0.25) is 0 Å². The minimum absolute atomic E-state index is 0.0789. The SMILES string of the molecule is CCCCCCCC#CCOC(=O)CC1CC1. The Hall–Kier alpha value is -0.970. The van der Waals surface area contributed by atoms with Gasteiger partial charge in [0.1, 0.15) is 0 Å². The van der Waals surface area contributed by atoms with Crippen molar-refractivity contribution in [2.45, 2.75) is 64.7 Å². The molecule has 0 spiro atoms. The van der Waals surface area contributed by atoms with E-state index in [0.29, 0.717) is 12.3 Å². The molecular formula is C15H24O2. The summed E-state index contributed by atoms with van der Waals surface area (Å²) in [5.74, 6) is 6.49.